The highest BCUT2D eigenvalue weighted by atomic mass is 16.2. The number of hydrogen-bond acceptors (Lipinski definition) is 3. The van der Waals surface area contributed by atoms with Crippen LogP contribution in [0.4, 0.5) is 5.69 Å². The van der Waals surface area contributed by atoms with Gasteiger partial charge in [-0.3, -0.25) is 19.5 Å². The minimum atomic E-state index is -0.144. The second-order valence-corrected chi connectivity index (χ2v) is 5.41. The summed E-state index contributed by atoms with van der Waals surface area (Å²) < 4.78 is 0. The standard InChI is InChI=1S/C13H17N3O2/c1-13(2,3)10-5-4-9(6-14-10)16-8-11(17)15-7-12(16)18/h4-6H,7-8H2,1-3H3,(H,15,17). The average Bonchev–Trinajstić information content (AvgIpc) is 2.31. The van der Waals surface area contributed by atoms with Crippen molar-refractivity contribution in [2.75, 3.05) is 18.0 Å². The number of nitrogens with zero attached hydrogens (tertiary/aromatic N) is 2. The molecule has 5 nitrogen and oxygen atoms in total. The van der Waals surface area contributed by atoms with Crippen molar-refractivity contribution in [3.63, 3.8) is 0 Å². The van der Waals surface area contributed by atoms with Crippen molar-refractivity contribution in [1.82, 2.24) is 10.3 Å². The summed E-state index contributed by atoms with van der Waals surface area (Å²) in [5.41, 5.74) is 1.60. The Balaban J connectivity index is 2.23. The van der Waals surface area contributed by atoms with Crippen molar-refractivity contribution in [2.45, 2.75) is 26.2 Å². The lowest BCUT2D eigenvalue weighted by atomic mass is 9.92. The van der Waals surface area contributed by atoms with E-state index in [1.807, 2.05) is 12.1 Å². The van der Waals surface area contributed by atoms with Gasteiger partial charge in [0.25, 0.3) is 0 Å². The van der Waals surface area contributed by atoms with Gasteiger partial charge in [0.15, 0.2) is 0 Å². The monoisotopic (exact) mass is 247 g/mol. The Morgan fingerprint density at radius 2 is 2.00 bits per heavy atom. The molecule has 0 aromatic carbocycles. The summed E-state index contributed by atoms with van der Waals surface area (Å²) in [6, 6.07) is 3.74. The molecule has 1 aromatic heterocycles. The molecule has 0 bridgehead atoms. The van der Waals surface area contributed by atoms with E-state index in [0.717, 1.165) is 5.69 Å². The molecule has 96 valence electrons. The number of amides is 2. The zero-order chi connectivity index (χ0) is 13.3. The molecule has 5 heteroatoms. The molecule has 1 N–H and O–H groups in total. The van der Waals surface area contributed by atoms with Crippen molar-refractivity contribution < 1.29 is 9.59 Å². The van der Waals surface area contributed by atoms with Crippen molar-refractivity contribution in [3.05, 3.63) is 24.0 Å². The molecule has 0 atom stereocenters. The van der Waals surface area contributed by atoms with Crippen LogP contribution in [0.3, 0.4) is 0 Å². The summed E-state index contributed by atoms with van der Waals surface area (Å²) in [4.78, 5) is 28.8. The Morgan fingerprint density at radius 1 is 1.28 bits per heavy atom. The van der Waals surface area contributed by atoms with E-state index in [2.05, 4.69) is 31.1 Å². The molecule has 0 radical (unpaired) electrons. The number of nitrogens with one attached hydrogen (secondary N) is 1. The molecule has 2 amide bonds. The lowest BCUT2D eigenvalue weighted by molar-refractivity contribution is -0.128. The second kappa shape index (κ2) is 4.40. The van der Waals surface area contributed by atoms with E-state index >= 15 is 0 Å². The number of aromatic nitrogens is 1. The minimum Gasteiger partial charge on any atom is -0.345 e. The van der Waals surface area contributed by atoms with Crippen LogP contribution in [0.15, 0.2) is 18.3 Å². The predicted molar refractivity (Wildman–Crippen MR) is 68.3 cm³/mol. The van der Waals surface area contributed by atoms with Crippen LogP contribution < -0.4 is 10.2 Å². The molecular weight excluding hydrogens is 230 g/mol. The van der Waals surface area contributed by atoms with Gasteiger partial charge in [-0.1, -0.05) is 20.8 Å². The Labute approximate surface area is 106 Å². The fourth-order valence-electron chi connectivity index (χ4n) is 1.78. The number of carbonyl (C=O) groups excluding carboxylic acids is 2. The topological polar surface area (TPSA) is 62.3 Å². The van der Waals surface area contributed by atoms with E-state index in [1.165, 1.54) is 4.90 Å². The molecule has 0 spiro atoms. The molecule has 1 aliphatic heterocycles. The highest BCUT2D eigenvalue weighted by Crippen LogP contribution is 2.22. The fraction of sp³-hybridized carbons (Fsp3) is 0.462. The third-order valence-electron chi connectivity index (χ3n) is 2.87. The van der Waals surface area contributed by atoms with Gasteiger partial charge < -0.3 is 5.32 Å². The normalized spacial score (nSPS) is 16.7. The summed E-state index contributed by atoms with van der Waals surface area (Å²) >= 11 is 0. The lowest BCUT2D eigenvalue weighted by Gasteiger charge is -2.27. The zero-order valence-corrected chi connectivity index (χ0v) is 10.9. The van der Waals surface area contributed by atoms with Crippen molar-refractivity contribution >= 4 is 17.5 Å². The van der Waals surface area contributed by atoms with E-state index in [-0.39, 0.29) is 30.3 Å². The van der Waals surface area contributed by atoms with Gasteiger partial charge in [-0.2, -0.15) is 0 Å². The van der Waals surface area contributed by atoms with Crippen molar-refractivity contribution in [2.24, 2.45) is 0 Å². The fourth-order valence-corrected chi connectivity index (χ4v) is 1.78. The minimum absolute atomic E-state index is 0.0260. The third-order valence-corrected chi connectivity index (χ3v) is 2.87. The number of pyridine rings is 1. The first-order valence-corrected chi connectivity index (χ1v) is 5.91. The maximum absolute atomic E-state index is 11.7. The van der Waals surface area contributed by atoms with Crippen LogP contribution in [-0.2, 0) is 15.0 Å². The van der Waals surface area contributed by atoms with E-state index in [4.69, 9.17) is 0 Å². The molecule has 1 fully saturated rings. The molecule has 1 aromatic rings. The number of hydrogen-bond donors (Lipinski definition) is 1. The van der Waals surface area contributed by atoms with Crippen LogP contribution in [0.25, 0.3) is 0 Å². The number of carbonyl (C=O) groups is 2. The van der Waals surface area contributed by atoms with Crippen molar-refractivity contribution in [1.29, 1.82) is 0 Å². The smallest absolute Gasteiger partial charge is 0.246 e. The molecule has 2 rings (SSSR count). The summed E-state index contributed by atoms with van der Waals surface area (Å²) in [5.74, 6) is -0.255. The van der Waals surface area contributed by atoms with Crippen LogP contribution in [-0.4, -0.2) is 29.9 Å². The van der Waals surface area contributed by atoms with Crippen LogP contribution in [0.5, 0.6) is 0 Å². The van der Waals surface area contributed by atoms with Gasteiger partial charge in [0.1, 0.15) is 6.54 Å². The van der Waals surface area contributed by atoms with Crippen molar-refractivity contribution in [3.8, 4) is 0 Å². The number of anilines is 1. The van der Waals surface area contributed by atoms with E-state index in [0.29, 0.717) is 5.69 Å². The lowest BCUT2D eigenvalue weighted by Crippen LogP contribution is -2.51. The van der Waals surface area contributed by atoms with Crippen LogP contribution in [0.2, 0.25) is 0 Å². The zero-order valence-electron chi connectivity index (χ0n) is 10.9. The highest BCUT2D eigenvalue weighted by Gasteiger charge is 2.25. The summed E-state index contributed by atoms with van der Waals surface area (Å²) in [6.45, 7) is 6.35. The van der Waals surface area contributed by atoms with Gasteiger partial charge in [-0.25, -0.2) is 0 Å². The predicted octanol–water partition coefficient (Wildman–Crippen LogP) is 0.842. The molecular formula is C13H17N3O2. The quantitative estimate of drug-likeness (QED) is 0.800. The Hall–Kier alpha value is -1.91. The van der Waals surface area contributed by atoms with E-state index in [9.17, 15) is 9.59 Å². The van der Waals surface area contributed by atoms with Gasteiger partial charge in [0.05, 0.1) is 18.4 Å². The maximum atomic E-state index is 11.7. The first-order chi connectivity index (χ1) is 8.38. The van der Waals surface area contributed by atoms with Gasteiger partial charge in [0, 0.05) is 11.1 Å². The summed E-state index contributed by atoms with van der Waals surface area (Å²) in [6.07, 6.45) is 1.65. The molecule has 1 saturated heterocycles. The second-order valence-electron chi connectivity index (χ2n) is 5.41. The van der Waals surface area contributed by atoms with E-state index < -0.39 is 0 Å². The molecule has 2 heterocycles. The number of rotatable bonds is 1. The van der Waals surface area contributed by atoms with Gasteiger partial charge in [-0.05, 0) is 12.1 Å². The van der Waals surface area contributed by atoms with Gasteiger partial charge in [0.2, 0.25) is 11.8 Å². The molecule has 18 heavy (non-hydrogen) atoms. The Morgan fingerprint density at radius 3 is 2.56 bits per heavy atom. The van der Waals surface area contributed by atoms with Crippen LogP contribution in [0, 0.1) is 0 Å². The third kappa shape index (κ3) is 2.50. The summed E-state index contributed by atoms with van der Waals surface area (Å²) in [5, 5.41) is 2.52. The molecule has 1 aliphatic rings. The maximum Gasteiger partial charge on any atom is 0.246 e. The van der Waals surface area contributed by atoms with E-state index in [1.54, 1.807) is 6.20 Å². The van der Waals surface area contributed by atoms with Crippen LogP contribution in [0.1, 0.15) is 26.5 Å². The average molecular weight is 247 g/mol. The van der Waals surface area contributed by atoms with Gasteiger partial charge >= 0.3 is 0 Å². The largest absolute Gasteiger partial charge is 0.345 e. The Bertz CT molecular complexity index is 474. The molecule has 0 aliphatic carbocycles. The molecule has 0 saturated carbocycles. The first kappa shape index (κ1) is 12.5. The SMILES string of the molecule is CC(C)(C)c1ccc(N2CC(=O)NCC2=O)cn1. The van der Waals surface area contributed by atoms with Crippen LogP contribution >= 0.6 is 0 Å². The van der Waals surface area contributed by atoms with Gasteiger partial charge in [-0.15, -0.1) is 0 Å². The Kier molecular flexibility index (Phi) is 3.07. The summed E-state index contributed by atoms with van der Waals surface area (Å²) in [7, 11) is 0. The first-order valence-electron chi connectivity index (χ1n) is 5.91. The highest BCUT2D eigenvalue weighted by molar-refractivity contribution is 6.04. The number of piperazine rings is 1. The molecule has 0 unspecified atom stereocenters.